The van der Waals surface area contributed by atoms with Crippen molar-refractivity contribution in [2.24, 2.45) is 0 Å². The number of fused-ring (bicyclic) bond motifs is 1. The fraction of sp³-hybridized carbons (Fsp3) is 0.400. The van der Waals surface area contributed by atoms with Gasteiger partial charge in [0.05, 0.1) is 20.8 Å². The maximum Gasteiger partial charge on any atom is 0.166 e. The van der Waals surface area contributed by atoms with Crippen molar-refractivity contribution in [2.75, 3.05) is 20.8 Å². The molecule has 134 valence electrons. The fourth-order valence-electron chi connectivity index (χ4n) is 3.89. The Morgan fingerprint density at radius 3 is 2.40 bits per heavy atom. The second-order valence-corrected chi connectivity index (χ2v) is 6.82. The first-order valence-electron chi connectivity index (χ1n) is 8.70. The lowest BCUT2D eigenvalue weighted by atomic mass is 9.88. The van der Waals surface area contributed by atoms with Gasteiger partial charge in [0, 0.05) is 17.5 Å². The largest absolute Gasteiger partial charge is 0.493 e. The van der Waals surface area contributed by atoms with Crippen LogP contribution in [-0.2, 0) is 13.0 Å². The lowest BCUT2D eigenvalue weighted by Gasteiger charge is -2.35. The Balaban J connectivity index is 1.94. The van der Waals surface area contributed by atoms with E-state index >= 15 is 0 Å². The predicted molar refractivity (Wildman–Crippen MR) is 94.3 cm³/mol. The van der Waals surface area contributed by atoms with Gasteiger partial charge in [-0.2, -0.15) is 0 Å². The fourth-order valence-corrected chi connectivity index (χ4v) is 3.89. The Morgan fingerprint density at radius 2 is 1.80 bits per heavy atom. The van der Waals surface area contributed by atoms with Gasteiger partial charge in [-0.3, -0.25) is 0 Å². The number of methoxy groups -OCH3 is 2. The minimum atomic E-state index is -0.193. The van der Waals surface area contributed by atoms with Crippen LogP contribution in [-0.4, -0.2) is 26.8 Å². The Labute approximate surface area is 148 Å². The van der Waals surface area contributed by atoms with Crippen LogP contribution in [0.2, 0.25) is 0 Å². The van der Waals surface area contributed by atoms with Crippen molar-refractivity contribution in [2.45, 2.75) is 32.0 Å². The molecule has 2 aromatic carbocycles. The Morgan fingerprint density at radius 1 is 1.16 bits per heavy atom. The zero-order chi connectivity index (χ0) is 18.0. The highest BCUT2D eigenvalue weighted by molar-refractivity contribution is 5.49. The van der Waals surface area contributed by atoms with E-state index in [0.29, 0.717) is 0 Å². The highest BCUT2D eigenvalue weighted by Gasteiger charge is 2.36. The van der Waals surface area contributed by atoms with E-state index in [0.717, 1.165) is 36.6 Å². The molecule has 1 aliphatic rings. The number of hydrogen-bond acceptors (Lipinski definition) is 2. The second kappa shape index (κ2) is 7.42. The highest BCUT2D eigenvalue weighted by atomic mass is 19.1. The molecular weight excluding hydrogens is 319 g/mol. The normalized spacial score (nSPS) is 20.7. The van der Waals surface area contributed by atoms with E-state index < -0.39 is 0 Å². The summed E-state index contributed by atoms with van der Waals surface area (Å²) in [5.41, 5.74) is 8.04. The number of halogens is 1. The molecule has 0 saturated heterocycles. The van der Waals surface area contributed by atoms with E-state index in [1.165, 1.54) is 28.2 Å². The second-order valence-electron chi connectivity index (χ2n) is 6.82. The molecule has 2 aromatic rings. The zero-order valence-electron chi connectivity index (χ0n) is 15.1. The molecule has 0 fully saturated rings. The van der Waals surface area contributed by atoms with Gasteiger partial charge in [-0.1, -0.05) is 12.1 Å². The zero-order valence-corrected chi connectivity index (χ0v) is 15.1. The van der Waals surface area contributed by atoms with E-state index in [9.17, 15) is 4.39 Å². The topological polar surface area (TPSA) is 50.5 Å². The Bertz CT molecular complexity index is 731. The van der Waals surface area contributed by atoms with Gasteiger partial charge in [-0.25, -0.2) is 4.39 Å². The summed E-state index contributed by atoms with van der Waals surface area (Å²) < 4.78 is 24.1. The summed E-state index contributed by atoms with van der Waals surface area (Å²) in [6.07, 6.45) is 0.982. The molecule has 1 aliphatic heterocycles. The molecule has 3 atom stereocenters. The van der Waals surface area contributed by atoms with Crippen molar-refractivity contribution >= 4 is 0 Å². The molecule has 0 amide bonds. The molecule has 5 heteroatoms. The van der Waals surface area contributed by atoms with E-state index in [4.69, 9.17) is 9.47 Å². The first-order chi connectivity index (χ1) is 12.0. The van der Waals surface area contributed by atoms with Crippen molar-refractivity contribution in [3.63, 3.8) is 0 Å². The lowest BCUT2D eigenvalue weighted by molar-refractivity contribution is -0.957. The molecule has 4 N–H and O–H groups in total. The van der Waals surface area contributed by atoms with Crippen molar-refractivity contribution in [1.82, 2.24) is 0 Å². The molecule has 0 bridgehead atoms. The summed E-state index contributed by atoms with van der Waals surface area (Å²) in [7, 11) is 3.33. The van der Waals surface area contributed by atoms with Gasteiger partial charge in [0.2, 0.25) is 0 Å². The Hall–Kier alpha value is -2.11. The van der Waals surface area contributed by atoms with Crippen LogP contribution in [0.5, 0.6) is 11.5 Å². The number of benzene rings is 2. The summed E-state index contributed by atoms with van der Waals surface area (Å²) >= 11 is 0. The monoisotopic (exact) mass is 346 g/mol. The summed E-state index contributed by atoms with van der Waals surface area (Å²) in [4.78, 5) is 1.45. The molecule has 0 spiro atoms. The molecule has 1 heterocycles. The van der Waals surface area contributed by atoms with Crippen molar-refractivity contribution in [3.8, 4) is 11.5 Å². The third-order valence-electron chi connectivity index (χ3n) is 5.05. The molecule has 0 aromatic heterocycles. The van der Waals surface area contributed by atoms with Crippen LogP contribution in [0.25, 0.3) is 0 Å². The summed E-state index contributed by atoms with van der Waals surface area (Å²) in [6, 6.07) is 11.5. The molecule has 4 nitrogen and oxygen atoms in total. The SMILES string of the molecule is COc1cc2c(cc1OC)[C@H]([C@H](C)[NH3+])[NH+](Cc1ccc(F)cc1)CC2. The van der Waals surface area contributed by atoms with E-state index in [1.807, 2.05) is 12.1 Å². The number of ether oxygens (including phenoxy) is 2. The molecule has 0 radical (unpaired) electrons. The van der Waals surface area contributed by atoms with Crippen molar-refractivity contribution < 1.29 is 24.5 Å². The first-order valence-corrected chi connectivity index (χ1v) is 8.70. The highest BCUT2D eigenvalue weighted by Crippen LogP contribution is 2.34. The van der Waals surface area contributed by atoms with Crippen LogP contribution < -0.4 is 20.1 Å². The van der Waals surface area contributed by atoms with Gasteiger partial charge < -0.3 is 20.1 Å². The standard InChI is InChI=1S/C20H25FN2O2/c1-13(22)20-17-11-19(25-3)18(24-2)10-15(17)8-9-23(20)12-14-4-6-16(21)7-5-14/h4-7,10-11,13,20H,8-9,12,22H2,1-3H3/p+2/t13-,20-/m0/s1. The summed E-state index contributed by atoms with van der Waals surface area (Å²) in [6.45, 7) is 4.03. The number of quaternary nitrogens is 2. The van der Waals surface area contributed by atoms with Crippen molar-refractivity contribution in [3.05, 3.63) is 58.9 Å². The molecule has 25 heavy (non-hydrogen) atoms. The minimum Gasteiger partial charge on any atom is -0.493 e. The van der Waals surface area contributed by atoms with Gasteiger partial charge in [-0.15, -0.1) is 0 Å². The maximum atomic E-state index is 13.2. The molecule has 1 unspecified atom stereocenters. The van der Waals surface area contributed by atoms with Gasteiger partial charge in [-0.05, 0) is 36.8 Å². The van der Waals surface area contributed by atoms with Crippen LogP contribution >= 0.6 is 0 Å². The van der Waals surface area contributed by atoms with E-state index in [2.05, 4.69) is 24.8 Å². The first kappa shape index (κ1) is 17.7. The van der Waals surface area contributed by atoms with E-state index in [1.54, 1.807) is 14.2 Å². The van der Waals surface area contributed by atoms with Crippen LogP contribution in [0.15, 0.2) is 36.4 Å². The molecule has 3 rings (SSSR count). The molecule has 0 saturated carbocycles. The smallest absolute Gasteiger partial charge is 0.166 e. The lowest BCUT2D eigenvalue weighted by Crippen LogP contribution is -3.14. The number of hydrogen-bond donors (Lipinski definition) is 2. The third-order valence-corrected chi connectivity index (χ3v) is 5.05. The van der Waals surface area contributed by atoms with Gasteiger partial charge >= 0.3 is 0 Å². The van der Waals surface area contributed by atoms with Gasteiger partial charge in [0.15, 0.2) is 17.5 Å². The van der Waals surface area contributed by atoms with Crippen molar-refractivity contribution in [1.29, 1.82) is 0 Å². The van der Waals surface area contributed by atoms with E-state index in [-0.39, 0.29) is 17.9 Å². The summed E-state index contributed by atoms with van der Waals surface area (Å²) in [5.74, 6) is 1.34. The Kier molecular flexibility index (Phi) is 5.25. The quantitative estimate of drug-likeness (QED) is 0.854. The van der Waals surface area contributed by atoms with Gasteiger partial charge in [0.25, 0.3) is 0 Å². The number of nitrogens with one attached hydrogen (secondary N) is 1. The average molecular weight is 346 g/mol. The van der Waals surface area contributed by atoms with Crippen LogP contribution in [0.4, 0.5) is 4.39 Å². The van der Waals surface area contributed by atoms with Crippen LogP contribution in [0.3, 0.4) is 0 Å². The minimum absolute atomic E-state index is 0.193. The third kappa shape index (κ3) is 3.62. The predicted octanol–water partition coefficient (Wildman–Crippen LogP) is 1.16. The van der Waals surface area contributed by atoms with Crippen LogP contribution in [0, 0.1) is 5.82 Å². The summed E-state index contributed by atoms with van der Waals surface area (Å²) in [5, 5.41) is 0. The molecule has 0 aliphatic carbocycles. The number of rotatable bonds is 5. The maximum absolute atomic E-state index is 13.2. The van der Waals surface area contributed by atoms with Crippen LogP contribution in [0.1, 0.15) is 29.7 Å². The average Bonchev–Trinajstić information content (AvgIpc) is 2.61. The molecular formula is C20H27FN2O2+2. The van der Waals surface area contributed by atoms with Gasteiger partial charge in [0.1, 0.15) is 18.4 Å².